The molecular formula is C27H29FN2O4. The van der Waals surface area contributed by atoms with E-state index in [2.05, 4.69) is 10.2 Å². The zero-order valence-electron chi connectivity index (χ0n) is 19.6. The van der Waals surface area contributed by atoms with Crippen LogP contribution in [0.1, 0.15) is 33.1 Å². The average Bonchev–Trinajstić information content (AvgIpc) is 2.88. The lowest BCUT2D eigenvalue weighted by atomic mass is 9.91. The number of nitrogens with one attached hydrogen (secondary N) is 1. The van der Waals surface area contributed by atoms with Gasteiger partial charge in [-0.15, -0.1) is 0 Å². The van der Waals surface area contributed by atoms with E-state index in [0.717, 1.165) is 24.1 Å². The summed E-state index contributed by atoms with van der Waals surface area (Å²) in [6.07, 6.45) is 0.785. The minimum absolute atomic E-state index is 0.162. The molecule has 1 aliphatic rings. The van der Waals surface area contributed by atoms with Crippen LogP contribution in [0.5, 0.6) is 17.2 Å². The van der Waals surface area contributed by atoms with Crippen molar-refractivity contribution in [3.63, 3.8) is 0 Å². The second kappa shape index (κ2) is 10.6. The summed E-state index contributed by atoms with van der Waals surface area (Å²) in [6, 6.07) is 17.6. The second-order valence-electron chi connectivity index (χ2n) is 8.17. The molecule has 1 N–H and O–H groups in total. The maximum absolute atomic E-state index is 14.4. The molecule has 0 spiro atoms. The van der Waals surface area contributed by atoms with Gasteiger partial charge < -0.3 is 19.5 Å². The van der Waals surface area contributed by atoms with Crippen LogP contribution in [0.25, 0.3) is 0 Å². The zero-order chi connectivity index (χ0) is 24.1. The summed E-state index contributed by atoms with van der Waals surface area (Å²) < 4.78 is 30.6. The molecule has 3 aromatic rings. The van der Waals surface area contributed by atoms with Gasteiger partial charge in [0.25, 0.3) is 5.91 Å². The van der Waals surface area contributed by atoms with Gasteiger partial charge in [-0.2, -0.15) is 0 Å². The van der Waals surface area contributed by atoms with Crippen LogP contribution < -0.4 is 19.5 Å². The predicted molar refractivity (Wildman–Crippen MR) is 128 cm³/mol. The van der Waals surface area contributed by atoms with Crippen molar-refractivity contribution in [2.75, 3.05) is 34.4 Å². The van der Waals surface area contributed by atoms with E-state index in [0.29, 0.717) is 41.5 Å². The first-order valence-corrected chi connectivity index (χ1v) is 11.2. The third-order valence-corrected chi connectivity index (χ3v) is 6.25. The minimum Gasteiger partial charge on any atom is -0.497 e. The fourth-order valence-electron chi connectivity index (χ4n) is 4.39. The predicted octanol–water partition coefficient (Wildman–Crippen LogP) is 4.38. The molecule has 0 saturated heterocycles. The van der Waals surface area contributed by atoms with Crippen LogP contribution in [-0.2, 0) is 13.0 Å². The largest absolute Gasteiger partial charge is 0.497 e. The normalized spacial score (nSPS) is 15.4. The topological polar surface area (TPSA) is 60.0 Å². The number of amides is 1. The molecule has 1 heterocycles. The van der Waals surface area contributed by atoms with Crippen LogP contribution in [0.15, 0.2) is 60.7 Å². The Hall–Kier alpha value is -3.58. The Morgan fingerprint density at radius 3 is 2.38 bits per heavy atom. The molecule has 0 aromatic heterocycles. The van der Waals surface area contributed by atoms with Crippen molar-refractivity contribution in [2.45, 2.75) is 19.0 Å². The standard InChI is InChI=1S/C27H29FN2O4/c1-32-21-10-8-18(9-11-21)27(31)29-16-24-22-15-26(34-3)25(33-2)14-19(22)12-13-30(24)17-20-6-4-5-7-23(20)28/h4-11,14-15,24H,12-13,16-17H2,1-3H3,(H,29,31)/t24-/m1/s1. The van der Waals surface area contributed by atoms with E-state index in [-0.39, 0.29) is 17.8 Å². The van der Waals surface area contributed by atoms with Crippen molar-refractivity contribution in [3.05, 3.63) is 88.7 Å². The Bertz CT molecular complexity index is 1150. The summed E-state index contributed by atoms with van der Waals surface area (Å²) in [6.45, 7) is 1.52. The summed E-state index contributed by atoms with van der Waals surface area (Å²) in [5, 5.41) is 3.06. The van der Waals surface area contributed by atoms with E-state index in [1.807, 2.05) is 18.2 Å². The Morgan fingerprint density at radius 2 is 1.71 bits per heavy atom. The molecule has 0 saturated carbocycles. The highest BCUT2D eigenvalue weighted by molar-refractivity contribution is 5.94. The first kappa shape index (κ1) is 23.6. The minimum atomic E-state index is -0.235. The summed E-state index contributed by atoms with van der Waals surface area (Å²) in [5.74, 6) is 1.57. The third-order valence-electron chi connectivity index (χ3n) is 6.25. The number of rotatable bonds is 8. The van der Waals surface area contributed by atoms with E-state index in [4.69, 9.17) is 14.2 Å². The van der Waals surface area contributed by atoms with Crippen molar-refractivity contribution in [1.82, 2.24) is 10.2 Å². The van der Waals surface area contributed by atoms with Gasteiger partial charge in [-0.25, -0.2) is 4.39 Å². The molecule has 4 rings (SSSR count). The molecule has 1 aliphatic heterocycles. The van der Waals surface area contributed by atoms with Gasteiger partial charge in [-0.05, 0) is 60.0 Å². The fraction of sp³-hybridized carbons (Fsp3) is 0.296. The highest BCUT2D eigenvalue weighted by atomic mass is 19.1. The molecule has 3 aromatic carbocycles. The van der Waals surface area contributed by atoms with Crippen LogP contribution in [0, 0.1) is 5.82 Å². The van der Waals surface area contributed by atoms with Crippen molar-refractivity contribution in [3.8, 4) is 17.2 Å². The number of benzene rings is 3. The zero-order valence-corrected chi connectivity index (χ0v) is 19.6. The molecule has 0 bridgehead atoms. The molecule has 6 nitrogen and oxygen atoms in total. The number of nitrogens with zero attached hydrogens (tertiary/aromatic N) is 1. The monoisotopic (exact) mass is 464 g/mol. The fourth-order valence-corrected chi connectivity index (χ4v) is 4.39. The number of hydrogen-bond donors (Lipinski definition) is 1. The van der Waals surface area contributed by atoms with Gasteiger partial charge in [-0.3, -0.25) is 9.69 Å². The van der Waals surface area contributed by atoms with Crippen LogP contribution >= 0.6 is 0 Å². The molecule has 0 fully saturated rings. The van der Waals surface area contributed by atoms with E-state index in [9.17, 15) is 9.18 Å². The number of ether oxygens (including phenoxy) is 3. The highest BCUT2D eigenvalue weighted by Crippen LogP contribution is 2.38. The molecule has 0 aliphatic carbocycles. The van der Waals surface area contributed by atoms with Crippen molar-refractivity contribution in [2.24, 2.45) is 0 Å². The van der Waals surface area contributed by atoms with Crippen molar-refractivity contribution >= 4 is 5.91 Å². The van der Waals surface area contributed by atoms with Crippen LogP contribution in [0.2, 0.25) is 0 Å². The van der Waals surface area contributed by atoms with E-state index >= 15 is 0 Å². The second-order valence-corrected chi connectivity index (χ2v) is 8.17. The Balaban J connectivity index is 1.62. The number of fused-ring (bicyclic) bond motifs is 1. The number of methoxy groups -OCH3 is 3. The number of halogens is 1. The SMILES string of the molecule is COc1ccc(C(=O)NC[C@@H]2c3cc(OC)c(OC)cc3CCN2Cc2ccccc2F)cc1. The van der Waals surface area contributed by atoms with E-state index < -0.39 is 0 Å². The summed E-state index contributed by atoms with van der Waals surface area (Å²) in [7, 11) is 4.80. The molecule has 178 valence electrons. The lowest BCUT2D eigenvalue weighted by molar-refractivity contribution is 0.0925. The number of carbonyl (C=O) groups excluding carboxylic acids is 1. The maximum atomic E-state index is 14.4. The molecule has 7 heteroatoms. The van der Waals surface area contributed by atoms with Crippen molar-refractivity contribution < 1.29 is 23.4 Å². The third kappa shape index (κ3) is 4.99. The molecule has 1 atom stereocenters. The van der Waals surface area contributed by atoms with Gasteiger partial charge in [-0.1, -0.05) is 18.2 Å². The van der Waals surface area contributed by atoms with E-state index in [1.54, 1.807) is 57.7 Å². The Kier molecular flexibility index (Phi) is 7.33. The smallest absolute Gasteiger partial charge is 0.251 e. The van der Waals surface area contributed by atoms with Crippen LogP contribution in [0.4, 0.5) is 4.39 Å². The summed E-state index contributed by atoms with van der Waals surface area (Å²) in [5.41, 5.74) is 3.34. The Labute approximate surface area is 199 Å². The first-order chi connectivity index (χ1) is 16.5. The first-order valence-electron chi connectivity index (χ1n) is 11.2. The number of carbonyl (C=O) groups is 1. The van der Waals surface area contributed by atoms with Crippen LogP contribution in [0.3, 0.4) is 0 Å². The highest BCUT2D eigenvalue weighted by Gasteiger charge is 2.30. The van der Waals surface area contributed by atoms with Gasteiger partial charge in [0.05, 0.1) is 27.4 Å². The van der Waals surface area contributed by atoms with Gasteiger partial charge in [0.1, 0.15) is 11.6 Å². The number of hydrogen-bond acceptors (Lipinski definition) is 5. The van der Waals surface area contributed by atoms with E-state index in [1.165, 1.54) is 6.07 Å². The Morgan fingerprint density at radius 1 is 1.00 bits per heavy atom. The van der Waals surface area contributed by atoms with Gasteiger partial charge >= 0.3 is 0 Å². The molecule has 0 radical (unpaired) electrons. The molecule has 0 unspecified atom stereocenters. The van der Waals surface area contributed by atoms with Crippen LogP contribution in [-0.4, -0.2) is 45.2 Å². The summed E-state index contributed by atoms with van der Waals surface area (Å²) >= 11 is 0. The maximum Gasteiger partial charge on any atom is 0.251 e. The molecular weight excluding hydrogens is 435 g/mol. The van der Waals surface area contributed by atoms with Gasteiger partial charge in [0, 0.05) is 30.8 Å². The summed E-state index contributed by atoms with van der Waals surface area (Å²) in [4.78, 5) is 15.1. The van der Waals surface area contributed by atoms with Crippen molar-refractivity contribution in [1.29, 1.82) is 0 Å². The van der Waals surface area contributed by atoms with Gasteiger partial charge in [0.15, 0.2) is 11.5 Å². The average molecular weight is 465 g/mol. The molecule has 34 heavy (non-hydrogen) atoms. The molecule has 1 amide bonds. The lowest BCUT2D eigenvalue weighted by Gasteiger charge is -2.38. The quantitative estimate of drug-likeness (QED) is 0.536. The van der Waals surface area contributed by atoms with Gasteiger partial charge in [0.2, 0.25) is 0 Å². The lowest BCUT2D eigenvalue weighted by Crippen LogP contribution is -2.42.